The van der Waals surface area contributed by atoms with Crippen LogP contribution in [0.1, 0.15) is 6.92 Å². The molecule has 1 rings (SSSR count). The number of methoxy groups -OCH3 is 1. The van der Waals surface area contributed by atoms with Gasteiger partial charge in [0, 0.05) is 18.5 Å². The third kappa shape index (κ3) is 3.60. The molecule has 72 valence electrons. The van der Waals surface area contributed by atoms with Crippen molar-refractivity contribution in [3.05, 3.63) is 0 Å². The molecule has 5 nitrogen and oxygen atoms in total. The van der Waals surface area contributed by atoms with Gasteiger partial charge in [0.25, 0.3) is 5.19 Å². The molecular weight excluding hydrogens is 212 g/mol. The summed E-state index contributed by atoms with van der Waals surface area (Å²) in [5.41, 5.74) is 0. The van der Waals surface area contributed by atoms with Crippen molar-refractivity contribution in [2.75, 3.05) is 13.0 Å². The summed E-state index contributed by atoms with van der Waals surface area (Å²) in [4.78, 5) is 14.4. The van der Waals surface area contributed by atoms with Crippen molar-refractivity contribution in [2.24, 2.45) is 0 Å². The predicted octanol–water partition coefficient (Wildman–Crippen LogP) is 1.16. The summed E-state index contributed by atoms with van der Waals surface area (Å²) in [6.07, 6.45) is 0. The van der Waals surface area contributed by atoms with Crippen LogP contribution in [0.4, 0.5) is 0 Å². The van der Waals surface area contributed by atoms with E-state index in [1.807, 2.05) is 0 Å². The molecule has 0 aliphatic heterocycles. The fraction of sp³-hybridized carbons (Fsp3) is 0.500. The highest BCUT2D eigenvalue weighted by molar-refractivity contribution is 7.99. The number of carbonyl (C=O) groups is 1. The summed E-state index contributed by atoms with van der Waals surface area (Å²) in [5, 5.41) is 1.06. The lowest BCUT2D eigenvalue weighted by Crippen LogP contribution is -1.97. The van der Waals surface area contributed by atoms with Crippen LogP contribution in [-0.2, 0) is 9.53 Å². The van der Waals surface area contributed by atoms with E-state index < -0.39 is 0 Å². The summed E-state index contributed by atoms with van der Waals surface area (Å²) in [6, 6.07) is 0. The summed E-state index contributed by atoms with van der Waals surface area (Å²) in [6.45, 7) is 1.36. The first-order valence-electron chi connectivity index (χ1n) is 3.36. The third-order valence-corrected chi connectivity index (χ3v) is 2.48. The molecule has 0 fully saturated rings. The molecule has 0 radical (unpaired) electrons. The van der Waals surface area contributed by atoms with Crippen molar-refractivity contribution >= 4 is 29.3 Å². The van der Waals surface area contributed by atoms with Crippen molar-refractivity contribution in [1.82, 2.24) is 9.36 Å². The van der Waals surface area contributed by atoms with E-state index in [2.05, 4.69) is 9.36 Å². The highest BCUT2D eigenvalue weighted by Gasteiger charge is 2.04. The van der Waals surface area contributed by atoms with Gasteiger partial charge in [-0.3, -0.25) is 4.79 Å². The molecule has 1 aromatic rings. The minimum atomic E-state index is -0.310. The zero-order chi connectivity index (χ0) is 9.68. The molecule has 0 atom stereocenters. The number of aromatic nitrogens is 2. The predicted molar refractivity (Wildman–Crippen MR) is 49.0 cm³/mol. The van der Waals surface area contributed by atoms with Gasteiger partial charge in [0.2, 0.25) is 5.16 Å². The van der Waals surface area contributed by atoms with E-state index in [1.165, 1.54) is 25.8 Å². The van der Waals surface area contributed by atoms with Gasteiger partial charge in [0.05, 0.1) is 7.11 Å². The molecule has 0 N–H and O–H groups in total. The Bertz CT molecular complexity index is 289. The Morgan fingerprint density at radius 3 is 3.00 bits per heavy atom. The van der Waals surface area contributed by atoms with Crippen molar-refractivity contribution in [3.8, 4) is 5.19 Å². The first-order chi connectivity index (χ1) is 6.22. The number of nitrogens with zero attached hydrogens (tertiary/aromatic N) is 2. The number of hydrogen-bond donors (Lipinski definition) is 0. The highest BCUT2D eigenvalue weighted by Crippen LogP contribution is 2.21. The lowest BCUT2D eigenvalue weighted by Gasteiger charge is -1.96. The first-order valence-corrected chi connectivity index (χ1v) is 5.12. The standard InChI is InChI=1S/C6H8N2O3S2/c1-4(9)11-3-12-5-7-6(10-2)13-8-5/h3H2,1-2H3. The SMILES string of the molecule is COc1nc(SCOC(C)=O)ns1. The molecule has 0 bridgehead atoms. The van der Waals surface area contributed by atoms with Gasteiger partial charge >= 0.3 is 5.97 Å². The number of thioether (sulfide) groups is 1. The molecule has 0 amide bonds. The lowest BCUT2D eigenvalue weighted by molar-refractivity contribution is -0.138. The molecule has 0 spiro atoms. The number of esters is 1. The Balaban J connectivity index is 2.32. The average molecular weight is 220 g/mol. The van der Waals surface area contributed by atoms with Crippen LogP contribution in [-0.4, -0.2) is 28.4 Å². The van der Waals surface area contributed by atoms with Crippen molar-refractivity contribution in [1.29, 1.82) is 0 Å². The zero-order valence-electron chi connectivity index (χ0n) is 7.14. The van der Waals surface area contributed by atoms with Gasteiger partial charge in [0.15, 0.2) is 0 Å². The maximum atomic E-state index is 10.4. The summed E-state index contributed by atoms with van der Waals surface area (Å²) >= 11 is 2.41. The van der Waals surface area contributed by atoms with Gasteiger partial charge in [-0.05, 0) is 11.8 Å². The normalized spacial score (nSPS) is 9.69. The lowest BCUT2D eigenvalue weighted by atomic mass is 10.8. The minimum absolute atomic E-state index is 0.231. The van der Waals surface area contributed by atoms with Crippen molar-refractivity contribution in [2.45, 2.75) is 12.1 Å². The van der Waals surface area contributed by atoms with Gasteiger partial charge in [-0.2, -0.15) is 9.36 Å². The second-order valence-electron chi connectivity index (χ2n) is 1.95. The van der Waals surface area contributed by atoms with Gasteiger partial charge in [0.1, 0.15) is 5.94 Å². The van der Waals surface area contributed by atoms with Gasteiger partial charge in [-0.25, -0.2) is 0 Å². The Kier molecular flexibility index (Phi) is 3.97. The molecule has 0 saturated heterocycles. The van der Waals surface area contributed by atoms with Crippen molar-refractivity contribution in [3.63, 3.8) is 0 Å². The Morgan fingerprint density at radius 2 is 2.46 bits per heavy atom. The fourth-order valence-electron chi connectivity index (χ4n) is 0.504. The van der Waals surface area contributed by atoms with E-state index in [4.69, 9.17) is 9.47 Å². The van der Waals surface area contributed by atoms with E-state index in [0.29, 0.717) is 10.4 Å². The van der Waals surface area contributed by atoms with Crippen LogP contribution < -0.4 is 4.74 Å². The van der Waals surface area contributed by atoms with Gasteiger partial charge in [-0.15, -0.1) is 0 Å². The van der Waals surface area contributed by atoms with Crippen LogP contribution in [0, 0.1) is 0 Å². The number of hydrogen-bond acceptors (Lipinski definition) is 7. The smallest absolute Gasteiger partial charge is 0.303 e. The van der Waals surface area contributed by atoms with Crippen molar-refractivity contribution < 1.29 is 14.3 Å². The van der Waals surface area contributed by atoms with Crippen LogP contribution in [0.25, 0.3) is 0 Å². The fourth-order valence-corrected chi connectivity index (χ4v) is 1.76. The number of rotatable bonds is 4. The Morgan fingerprint density at radius 1 is 1.69 bits per heavy atom. The minimum Gasteiger partial charge on any atom is -0.472 e. The maximum Gasteiger partial charge on any atom is 0.303 e. The largest absolute Gasteiger partial charge is 0.472 e. The third-order valence-electron chi connectivity index (χ3n) is 1.01. The second kappa shape index (κ2) is 5.03. The quantitative estimate of drug-likeness (QED) is 0.431. The molecule has 0 aliphatic carbocycles. The maximum absolute atomic E-state index is 10.4. The zero-order valence-corrected chi connectivity index (χ0v) is 8.78. The molecular formula is C6H8N2O3S2. The van der Waals surface area contributed by atoms with E-state index in [0.717, 1.165) is 11.5 Å². The summed E-state index contributed by atoms with van der Waals surface area (Å²) in [5.74, 6) is -0.0791. The molecule has 1 heterocycles. The topological polar surface area (TPSA) is 61.3 Å². The monoisotopic (exact) mass is 220 g/mol. The Hall–Kier alpha value is -0.820. The van der Waals surface area contributed by atoms with Crippen LogP contribution in [0.3, 0.4) is 0 Å². The van der Waals surface area contributed by atoms with E-state index >= 15 is 0 Å². The molecule has 7 heteroatoms. The number of carbonyl (C=O) groups excluding carboxylic acids is 1. The molecule has 13 heavy (non-hydrogen) atoms. The van der Waals surface area contributed by atoms with Crippen LogP contribution in [0.2, 0.25) is 0 Å². The first kappa shape index (κ1) is 10.3. The van der Waals surface area contributed by atoms with Crippen LogP contribution >= 0.6 is 23.3 Å². The van der Waals surface area contributed by atoms with Gasteiger partial charge in [-0.1, -0.05) is 0 Å². The molecule has 0 aromatic carbocycles. The summed E-state index contributed by atoms with van der Waals surface area (Å²) in [7, 11) is 1.53. The second-order valence-corrected chi connectivity index (χ2v) is 3.55. The van der Waals surface area contributed by atoms with Gasteiger partial charge < -0.3 is 9.47 Å². The Labute approximate surface area is 83.6 Å². The van der Waals surface area contributed by atoms with Crippen LogP contribution in [0.5, 0.6) is 5.19 Å². The molecule has 1 aromatic heterocycles. The van der Waals surface area contributed by atoms with Crippen LogP contribution in [0.15, 0.2) is 5.16 Å². The highest BCUT2D eigenvalue weighted by atomic mass is 32.2. The number of ether oxygens (including phenoxy) is 2. The van der Waals surface area contributed by atoms with E-state index in [9.17, 15) is 4.79 Å². The average Bonchev–Trinajstić information content (AvgIpc) is 2.52. The molecule has 0 aliphatic rings. The molecule has 0 saturated carbocycles. The van der Waals surface area contributed by atoms with E-state index in [-0.39, 0.29) is 11.9 Å². The summed E-state index contributed by atoms with van der Waals surface area (Å²) < 4.78 is 13.5. The molecule has 0 unspecified atom stereocenters. The van der Waals surface area contributed by atoms with E-state index in [1.54, 1.807) is 0 Å².